The number of aromatic nitrogens is 2. The van der Waals surface area contributed by atoms with Crippen LogP contribution in [0, 0.1) is 5.92 Å². The summed E-state index contributed by atoms with van der Waals surface area (Å²) in [6.07, 6.45) is 3.84. The Hall–Kier alpha value is -1.09. The van der Waals surface area contributed by atoms with Gasteiger partial charge in [0, 0.05) is 24.9 Å². The quantitative estimate of drug-likeness (QED) is 0.718. The highest BCUT2D eigenvalue weighted by Crippen LogP contribution is 2.11. The van der Waals surface area contributed by atoms with Crippen LogP contribution in [0.3, 0.4) is 0 Å². The van der Waals surface area contributed by atoms with Crippen LogP contribution in [-0.2, 0) is 11.3 Å². The maximum Gasteiger partial charge on any atom is 0.0718 e. The van der Waals surface area contributed by atoms with Gasteiger partial charge in [0.25, 0.3) is 0 Å². The van der Waals surface area contributed by atoms with E-state index < -0.39 is 0 Å². The normalized spacial score (nSPS) is 10.9. The minimum atomic E-state index is 0.566. The van der Waals surface area contributed by atoms with Crippen LogP contribution >= 0.6 is 0 Å². The molecule has 0 unspecified atom stereocenters. The summed E-state index contributed by atoms with van der Waals surface area (Å²) in [5, 5.41) is 4.20. The van der Waals surface area contributed by atoms with Crippen molar-refractivity contribution in [1.82, 2.24) is 9.78 Å². The molecule has 0 bridgehead atoms. The van der Waals surface area contributed by atoms with E-state index in [9.17, 15) is 0 Å². The van der Waals surface area contributed by atoms with E-state index >= 15 is 0 Å². The lowest BCUT2D eigenvalue weighted by atomic mass is 10.2. The van der Waals surface area contributed by atoms with Gasteiger partial charge in [-0.25, -0.2) is 0 Å². The molecule has 0 atom stereocenters. The molecule has 1 rings (SSSR count). The first kappa shape index (κ1) is 12.0. The molecule has 3 heteroatoms. The Kier molecular flexibility index (Phi) is 4.56. The van der Waals surface area contributed by atoms with E-state index in [1.54, 1.807) is 0 Å². The number of aryl methyl sites for hydroxylation is 1. The Morgan fingerprint density at radius 1 is 1.60 bits per heavy atom. The van der Waals surface area contributed by atoms with E-state index in [1.165, 1.54) is 0 Å². The summed E-state index contributed by atoms with van der Waals surface area (Å²) in [6.45, 7) is 12.6. The largest absolute Gasteiger partial charge is 0.377 e. The van der Waals surface area contributed by atoms with Gasteiger partial charge in [-0.3, -0.25) is 4.68 Å². The lowest BCUT2D eigenvalue weighted by molar-refractivity contribution is 0.139. The molecule has 0 amide bonds. The highest BCUT2D eigenvalue weighted by molar-refractivity contribution is 5.62. The molecule has 3 nitrogen and oxygen atoms in total. The van der Waals surface area contributed by atoms with Crippen molar-refractivity contribution >= 4 is 5.57 Å². The second kappa shape index (κ2) is 5.71. The molecule has 0 aliphatic rings. The van der Waals surface area contributed by atoms with Crippen LogP contribution in [0.4, 0.5) is 0 Å². The Morgan fingerprint density at radius 3 is 2.87 bits per heavy atom. The lowest BCUT2D eigenvalue weighted by Gasteiger charge is -2.07. The fourth-order valence-electron chi connectivity index (χ4n) is 1.22. The van der Waals surface area contributed by atoms with Crippen LogP contribution in [0.15, 0.2) is 19.0 Å². The van der Waals surface area contributed by atoms with Gasteiger partial charge >= 0.3 is 0 Å². The molecule has 15 heavy (non-hydrogen) atoms. The fourth-order valence-corrected chi connectivity index (χ4v) is 1.22. The van der Waals surface area contributed by atoms with Crippen LogP contribution in [0.1, 0.15) is 26.3 Å². The van der Waals surface area contributed by atoms with Crippen molar-refractivity contribution < 1.29 is 4.74 Å². The van der Waals surface area contributed by atoms with Gasteiger partial charge in [0.05, 0.1) is 12.8 Å². The van der Waals surface area contributed by atoms with Crippen LogP contribution in [-0.4, -0.2) is 23.0 Å². The van der Waals surface area contributed by atoms with Crippen LogP contribution in [0.25, 0.3) is 5.57 Å². The molecule has 0 aromatic carbocycles. The first-order valence-corrected chi connectivity index (χ1v) is 5.41. The third-order valence-corrected chi connectivity index (χ3v) is 2.09. The van der Waals surface area contributed by atoms with Gasteiger partial charge in [-0.1, -0.05) is 20.4 Å². The lowest BCUT2D eigenvalue weighted by Crippen LogP contribution is -2.04. The second-order valence-electron chi connectivity index (χ2n) is 4.10. The minimum Gasteiger partial charge on any atom is -0.377 e. The van der Waals surface area contributed by atoms with E-state index in [0.717, 1.165) is 24.3 Å². The molecule has 0 radical (unpaired) electrons. The molecule has 0 aliphatic carbocycles. The monoisotopic (exact) mass is 208 g/mol. The molecule has 0 spiro atoms. The van der Waals surface area contributed by atoms with E-state index in [4.69, 9.17) is 4.74 Å². The van der Waals surface area contributed by atoms with Crippen LogP contribution < -0.4 is 0 Å². The highest BCUT2D eigenvalue weighted by Gasteiger charge is 2.03. The van der Waals surface area contributed by atoms with Crippen molar-refractivity contribution in [3.05, 3.63) is 24.5 Å². The van der Waals surface area contributed by atoms with E-state index in [2.05, 4.69) is 32.4 Å². The van der Waals surface area contributed by atoms with Gasteiger partial charge in [0.1, 0.15) is 0 Å². The number of hydrogen-bond donors (Lipinski definition) is 0. The standard InChI is InChI=1S/C12H20N2O/c1-5-14-7-12(6-13-14)11(4)9-15-8-10(2)3/h6-7,10H,4-5,8-9H2,1-3H3. The predicted molar refractivity (Wildman–Crippen MR) is 62.6 cm³/mol. The van der Waals surface area contributed by atoms with Crippen molar-refractivity contribution in [3.63, 3.8) is 0 Å². The van der Waals surface area contributed by atoms with Gasteiger partial charge in [0.15, 0.2) is 0 Å². The summed E-state index contributed by atoms with van der Waals surface area (Å²) >= 11 is 0. The third-order valence-electron chi connectivity index (χ3n) is 2.09. The zero-order valence-electron chi connectivity index (χ0n) is 9.86. The SMILES string of the molecule is C=C(COCC(C)C)c1cnn(CC)c1. The predicted octanol–water partition coefficient (Wildman–Crippen LogP) is 2.59. The summed E-state index contributed by atoms with van der Waals surface area (Å²) in [6, 6.07) is 0. The summed E-state index contributed by atoms with van der Waals surface area (Å²) in [5.41, 5.74) is 2.07. The summed E-state index contributed by atoms with van der Waals surface area (Å²) in [4.78, 5) is 0. The summed E-state index contributed by atoms with van der Waals surface area (Å²) < 4.78 is 7.41. The van der Waals surface area contributed by atoms with Gasteiger partial charge in [0.2, 0.25) is 0 Å². The van der Waals surface area contributed by atoms with Gasteiger partial charge in [-0.15, -0.1) is 0 Å². The molecule has 1 aromatic heterocycles. The third kappa shape index (κ3) is 3.88. The van der Waals surface area contributed by atoms with Crippen molar-refractivity contribution in [3.8, 4) is 0 Å². The first-order chi connectivity index (χ1) is 7.13. The summed E-state index contributed by atoms with van der Waals surface area (Å²) in [7, 11) is 0. The molecule has 0 fully saturated rings. The Balaban J connectivity index is 2.40. The fraction of sp³-hybridized carbons (Fsp3) is 0.583. The highest BCUT2D eigenvalue weighted by atomic mass is 16.5. The summed E-state index contributed by atoms with van der Waals surface area (Å²) in [5.74, 6) is 0.566. The van der Waals surface area contributed by atoms with Crippen LogP contribution in [0.2, 0.25) is 0 Å². The van der Waals surface area contributed by atoms with E-state index in [1.807, 2.05) is 17.1 Å². The molecule has 0 aliphatic heterocycles. The van der Waals surface area contributed by atoms with Crippen molar-refractivity contribution in [1.29, 1.82) is 0 Å². The molecule has 0 saturated carbocycles. The Bertz CT molecular complexity index is 315. The van der Waals surface area contributed by atoms with Crippen LogP contribution in [0.5, 0.6) is 0 Å². The average molecular weight is 208 g/mol. The molecule has 0 N–H and O–H groups in total. The zero-order valence-corrected chi connectivity index (χ0v) is 9.86. The topological polar surface area (TPSA) is 27.1 Å². The minimum absolute atomic E-state index is 0.566. The molecule has 84 valence electrons. The molecule has 1 heterocycles. The Morgan fingerprint density at radius 2 is 2.33 bits per heavy atom. The smallest absolute Gasteiger partial charge is 0.0718 e. The molecule has 0 saturated heterocycles. The second-order valence-corrected chi connectivity index (χ2v) is 4.10. The first-order valence-electron chi connectivity index (χ1n) is 5.41. The van der Waals surface area contributed by atoms with Gasteiger partial charge < -0.3 is 4.74 Å². The Labute approximate surface area is 91.7 Å². The zero-order chi connectivity index (χ0) is 11.3. The van der Waals surface area contributed by atoms with Crippen molar-refractivity contribution in [2.75, 3.05) is 13.2 Å². The maximum absolute atomic E-state index is 5.52. The number of ether oxygens (including phenoxy) is 1. The molecular weight excluding hydrogens is 188 g/mol. The maximum atomic E-state index is 5.52. The van der Waals surface area contributed by atoms with E-state index in [-0.39, 0.29) is 0 Å². The van der Waals surface area contributed by atoms with Gasteiger partial charge in [-0.2, -0.15) is 5.10 Å². The van der Waals surface area contributed by atoms with E-state index in [0.29, 0.717) is 12.5 Å². The number of nitrogens with zero attached hydrogens (tertiary/aromatic N) is 2. The van der Waals surface area contributed by atoms with Crippen molar-refractivity contribution in [2.24, 2.45) is 5.92 Å². The molecule has 1 aromatic rings. The van der Waals surface area contributed by atoms with Gasteiger partial charge in [-0.05, 0) is 18.4 Å². The number of rotatable bonds is 6. The molecular formula is C12H20N2O. The number of hydrogen-bond acceptors (Lipinski definition) is 2. The van der Waals surface area contributed by atoms with Crippen molar-refractivity contribution in [2.45, 2.75) is 27.3 Å². The average Bonchev–Trinajstić information content (AvgIpc) is 2.65.